The second kappa shape index (κ2) is 6.96. The molecular weight excluding hydrogens is 322 g/mol. The Morgan fingerprint density at radius 1 is 1.00 bits per heavy atom. The van der Waals surface area contributed by atoms with Gasteiger partial charge in [-0.1, -0.05) is 19.4 Å². The number of nitrogens with one attached hydrogen (secondary N) is 1. The molecule has 0 spiro atoms. The van der Waals surface area contributed by atoms with Gasteiger partial charge in [0.2, 0.25) is 0 Å². The van der Waals surface area contributed by atoms with Gasteiger partial charge in [0.25, 0.3) is 0 Å². The van der Waals surface area contributed by atoms with Crippen molar-refractivity contribution in [3.8, 4) is 11.3 Å². The Labute approximate surface area is 152 Å². The summed E-state index contributed by atoms with van der Waals surface area (Å²) in [6.45, 7) is 4.16. The number of pyridine rings is 3. The third kappa shape index (κ3) is 3.16. The van der Waals surface area contributed by atoms with Gasteiger partial charge in [-0.15, -0.1) is 0 Å². The van der Waals surface area contributed by atoms with E-state index in [2.05, 4.69) is 38.9 Å². The first-order valence-electron chi connectivity index (χ1n) is 8.86. The van der Waals surface area contributed by atoms with Gasteiger partial charge in [0.15, 0.2) is 0 Å². The molecule has 0 radical (unpaired) electrons. The number of rotatable bonds is 5. The number of hydrogen-bond acceptors (Lipinski definition) is 4. The molecule has 0 aliphatic heterocycles. The van der Waals surface area contributed by atoms with Crippen LogP contribution in [0.2, 0.25) is 0 Å². The van der Waals surface area contributed by atoms with Crippen LogP contribution in [0.3, 0.4) is 0 Å². The molecule has 0 aliphatic rings. The molecule has 0 aliphatic carbocycles. The zero-order valence-electron chi connectivity index (χ0n) is 15.0. The number of aryl methyl sites for hydroxylation is 2. The van der Waals surface area contributed by atoms with E-state index in [1.807, 2.05) is 55.7 Å². The predicted molar refractivity (Wildman–Crippen MR) is 105 cm³/mol. The van der Waals surface area contributed by atoms with Crippen LogP contribution in [-0.4, -0.2) is 19.4 Å². The molecule has 130 valence electrons. The van der Waals surface area contributed by atoms with E-state index < -0.39 is 0 Å². The minimum Gasteiger partial charge on any atom is -0.339 e. The van der Waals surface area contributed by atoms with Crippen LogP contribution in [0, 0.1) is 6.92 Å². The van der Waals surface area contributed by atoms with E-state index in [9.17, 15) is 0 Å². The summed E-state index contributed by atoms with van der Waals surface area (Å²) in [5.74, 6) is 0.792. The summed E-state index contributed by atoms with van der Waals surface area (Å²) < 4.78 is 2.17. The summed E-state index contributed by atoms with van der Waals surface area (Å²) in [5, 5.41) is 3.28. The molecule has 0 atom stereocenters. The zero-order chi connectivity index (χ0) is 17.9. The maximum absolute atomic E-state index is 4.82. The van der Waals surface area contributed by atoms with Crippen LogP contribution >= 0.6 is 0 Å². The highest BCUT2D eigenvalue weighted by Gasteiger charge is 2.13. The normalized spacial score (nSPS) is 11.0. The topological polar surface area (TPSA) is 55.1 Å². The smallest absolute Gasteiger partial charge is 0.137 e. The lowest BCUT2D eigenvalue weighted by atomic mass is 10.1. The molecule has 1 N–H and O–H groups in total. The van der Waals surface area contributed by atoms with Gasteiger partial charge >= 0.3 is 0 Å². The fraction of sp³-hybridized carbons (Fsp3) is 0.190. The van der Waals surface area contributed by atoms with Gasteiger partial charge in [-0.3, -0.25) is 4.98 Å². The van der Waals surface area contributed by atoms with Crippen LogP contribution < -0.4 is 5.32 Å². The molecule has 0 unspecified atom stereocenters. The molecule has 4 rings (SSSR count). The van der Waals surface area contributed by atoms with E-state index in [1.54, 1.807) is 0 Å². The average molecular weight is 343 g/mol. The Kier molecular flexibility index (Phi) is 4.35. The average Bonchev–Trinajstić information content (AvgIpc) is 3.03. The summed E-state index contributed by atoms with van der Waals surface area (Å²) in [7, 11) is 0. The summed E-state index contributed by atoms with van der Waals surface area (Å²) in [6, 6.07) is 14.1. The van der Waals surface area contributed by atoms with Gasteiger partial charge in [-0.25, -0.2) is 9.97 Å². The van der Waals surface area contributed by atoms with Crippen LogP contribution in [0.15, 0.2) is 61.1 Å². The van der Waals surface area contributed by atoms with E-state index in [0.717, 1.165) is 46.9 Å². The zero-order valence-corrected chi connectivity index (χ0v) is 15.0. The van der Waals surface area contributed by atoms with Gasteiger partial charge < -0.3 is 9.72 Å². The van der Waals surface area contributed by atoms with Crippen molar-refractivity contribution >= 4 is 17.2 Å². The molecular formula is C21H21N5. The largest absolute Gasteiger partial charge is 0.339 e. The van der Waals surface area contributed by atoms with Gasteiger partial charge in [-0.2, -0.15) is 0 Å². The first-order chi connectivity index (χ1) is 12.7. The summed E-state index contributed by atoms with van der Waals surface area (Å²) in [5.41, 5.74) is 6.16. The first kappa shape index (κ1) is 16.3. The Balaban J connectivity index is 1.65. The fourth-order valence-electron chi connectivity index (χ4n) is 3.05. The second-order valence-electron chi connectivity index (χ2n) is 6.33. The van der Waals surface area contributed by atoms with E-state index in [4.69, 9.17) is 4.98 Å². The first-order valence-corrected chi connectivity index (χ1v) is 8.86. The lowest BCUT2D eigenvalue weighted by Gasteiger charge is -2.07. The molecule has 26 heavy (non-hydrogen) atoms. The van der Waals surface area contributed by atoms with Gasteiger partial charge in [-0.05, 0) is 49.7 Å². The van der Waals surface area contributed by atoms with Crippen molar-refractivity contribution in [3.05, 3.63) is 72.4 Å². The molecule has 0 saturated heterocycles. The van der Waals surface area contributed by atoms with Crippen molar-refractivity contribution in [3.63, 3.8) is 0 Å². The number of fused-ring (bicyclic) bond motifs is 1. The Morgan fingerprint density at radius 2 is 1.92 bits per heavy atom. The maximum atomic E-state index is 4.82. The molecule has 5 heteroatoms. The van der Waals surface area contributed by atoms with Crippen molar-refractivity contribution in [1.29, 1.82) is 0 Å². The standard InChI is InChI=1S/C21H21N5/c1-3-6-18-21(25-20-7-4-5-12-26(18)20)16-9-11-19(23-13-16)24-17-10-8-15(2)22-14-17/h4-5,7-14H,3,6H2,1-2H3,(H,23,24). The number of imidazole rings is 1. The van der Waals surface area contributed by atoms with E-state index >= 15 is 0 Å². The van der Waals surface area contributed by atoms with E-state index in [1.165, 1.54) is 5.69 Å². The molecule has 0 bridgehead atoms. The maximum Gasteiger partial charge on any atom is 0.137 e. The van der Waals surface area contributed by atoms with Gasteiger partial charge in [0.05, 0.1) is 23.3 Å². The number of aromatic nitrogens is 4. The van der Waals surface area contributed by atoms with Gasteiger partial charge in [0, 0.05) is 23.7 Å². The Hall–Kier alpha value is -3.21. The minimum absolute atomic E-state index is 0.792. The van der Waals surface area contributed by atoms with Crippen LogP contribution in [0.4, 0.5) is 11.5 Å². The predicted octanol–water partition coefficient (Wildman–Crippen LogP) is 4.80. The van der Waals surface area contributed by atoms with Crippen molar-refractivity contribution in [1.82, 2.24) is 19.4 Å². The third-order valence-corrected chi connectivity index (χ3v) is 4.34. The van der Waals surface area contributed by atoms with Crippen LogP contribution in [0.25, 0.3) is 16.9 Å². The highest BCUT2D eigenvalue weighted by atomic mass is 15.0. The van der Waals surface area contributed by atoms with Crippen LogP contribution in [0.5, 0.6) is 0 Å². The van der Waals surface area contributed by atoms with E-state index in [0.29, 0.717) is 0 Å². The highest BCUT2D eigenvalue weighted by Crippen LogP contribution is 2.26. The molecule has 4 aromatic heterocycles. The number of anilines is 2. The van der Waals surface area contributed by atoms with Crippen LogP contribution in [0.1, 0.15) is 24.7 Å². The summed E-state index contributed by atoms with van der Waals surface area (Å²) >= 11 is 0. The Morgan fingerprint density at radius 3 is 2.65 bits per heavy atom. The second-order valence-corrected chi connectivity index (χ2v) is 6.33. The fourth-order valence-corrected chi connectivity index (χ4v) is 3.05. The highest BCUT2D eigenvalue weighted by molar-refractivity contribution is 5.67. The number of nitrogens with zero attached hydrogens (tertiary/aromatic N) is 4. The molecule has 0 fully saturated rings. The van der Waals surface area contributed by atoms with E-state index in [-0.39, 0.29) is 0 Å². The number of hydrogen-bond donors (Lipinski definition) is 1. The molecule has 0 saturated carbocycles. The van der Waals surface area contributed by atoms with Gasteiger partial charge in [0.1, 0.15) is 11.5 Å². The third-order valence-electron chi connectivity index (χ3n) is 4.34. The molecule has 0 aromatic carbocycles. The van der Waals surface area contributed by atoms with Crippen LogP contribution in [-0.2, 0) is 6.42 Å². The molecule has 4 aromatic rings. The SMILES string of the molecule is CCCc1c(-c2ccc(Nc3ccc(C)nc3)nc2)nc2ccccn12. The van der Waals surface area contributed by atoms with Crippen molar-refractivity contribution in [2.24, 2.45) is 0 Å². The molecule has 5 nitrogen and oxygen atoms in total. The lowest BCUT2D eigenvalue weighted by molar-refractivity contribution is 0.870. The summed E-state index contributed by atoms with van der Waals surface area (Å²) in [4.78, 5) is 13.7. The molecule has 4 heterocycles. The minimum atomic E-state index is 0.792. The van der Waals surface area contributed by atoms with Crippen molar-refractivity contribution < 1.29 is 0 Å². The monoisotopic (exact) mass is 343 g/mol. The Bertz CT molecular complexity index is 1020. The quantitative estimate of drug-likeness (QED) is 0.566. The van der Waals surface area contributed by atoms with Crippen molar-refractivity contribution in [2.45, 2.75) is 26.7 Å². The van der Waals surface area contributed by atoms with Crippen molar-refractivity contribution in [2.75, 3.05) is 5.32 Å². The summed E-state index contributed by atoms with van der Waals surface area (Å²) in [6.07, 6.45) is 7.82. The molecule has 0 amide bonds. The lowest BCUT2D eigenvalue weighted by Crippen LogP contribution is -1.96.